The molecule has 158 valence electrons. The first-order valence-electron chi connectivity index (χ1n) is 10.8. The van der Waals surface area contributed by atoms with E-state index in [9.17, 15) is 4.79 Å². The Bertz CT molecular complexity index is 583. The molecule has 3 rings (SSSR count). The Morgan fingerprint density at radius 1 is 1.18 bits per heavy atom. The van der Waals surface area contributed by atoms with Gasteiger partial charge in [0.05, 0.1) is 6.54 Å². The van der Waals surface area contributed by atoms with Crippen molar-refractivity contribution in [3.8, 4) is 0 Å². The molecule has 0 bridgehead atoms. The average molecular weight is 395 g/mol. The number of hydrogen-bond acceptors (Lipinski definition) is 7. The van der Waals surface area contributed by atoms with Gasteiger partial charge in [0.1, 0.15) is 0 Å². The third-order valence-electron chi connectivity index (χ3n) is 6.05. The van der Waals surface area contributed by atoms with E-state index >= 15 is 0 Å². The molecular weight excluding hydrogens is 360 g/mol. The molecule has 1 saturated carbocycles. The number of nitrogens with one attached hydrogen (secondary N) is 2. The summed E-state index contributed by atoms with van der Waals surface area (Å²) in [5.41, 5.74) is 1.73. The van der Waals surface area contributed by atoms with Crippen molar-refractivity contribution in [2.45, 2.75) is 89.1 Å². The summed E-state index contributed by atoms with van der Waals surface area (Å²) < 4.78 is 10.8. The fraction of sp³-hybridized carbons (Fsp3) is 0.850. The van der Waals surface area contributed by atoms with Crippen LogP contribution >= 0.6 is 0 Å². The van der Waals surface area contributed by atoms with Crippen molar-refractivity contribution in [1.29, 1.82) is 0 Å². The zero-order valence-corrected chi connectivity index (χ0v) is 16.7. The number of rotatable bonds is 10. The van der Waals surface area contributed by atoms with E-state index in [2.05, 4.69) is 15.5 Å². The Hall–Kier alpha value is -1.51. The van der Waals surface area contributed by atoms with E-state index in [0.717, 1.165) is 44.8 Å². The minimum atomic E-state index is -0.414. The van der Waals surface area contributed by atoms with Gasteiger partial charge < -0.3 is 14.6 Å². The minimum Gasteiger partial charge on any atom is -0.381 e. The Morgan fingerprint density at radius 2 is 1.96 bits per heavy atom. The van der Waals surface area contributed by atoms with Crippen molar-refractivity contribution in [1.82, 2.24) is 20.9 Å². The van der Waals surface area contributed by atoms with Crippen LogP contribution in [0, 0.1) is 5.92 Å². The highest BCUT2D eigenvalue weighted by Gasteiger charge is 2.23. The van der Waals surface area contributed by atoms with Gasteiger partial charge in [-0.15, -0.1) is 0 Å². The third kappa shape index (κ3) is 6.83. The Morgan fingerprint density at radius 3 is 2.71 bits per heavy atom. The largest absolute Gasteiger partial charge is 0.381 e. The summed E-state index contributed by atoms with van der Waals surface area (Å²) in [5.74, 6) is 1.35. The molecule has 1 saturated heterocycles. The van der Waals surface area contributed by atoms with Crippen molar-refractivity contribution in [2.75, 3.05) is 13.2 Å². The zero-order chi connectivity index (χ0) is 19.6. The van der Waals surface area contributed by atoms with Crippen molar-refractivity contribution in [2.24, 2.45) is 5.92 Å². The molecule has 0 spiro atoms. The Balaban J connectivity index is 1.50. The van der Waals surface area contributed by atoms with Crippen LogP contribution in [-0.4, -0.2) is 40.5 Å². The predicted octanol–water partition coefficient (Wildman–Crippen LogP) is 3.07. The lowest BCUT2D eigenvalue weighted by molar-refractivity contribution is -0.129. The lowest BCUT2D eigenvalue weighted by Gasteiger charge is -2.22. The van der Waals surface area contributed by atoms with Gasteiger partial charge in [-0.25, -0.2) is 5.48 Å². The average Bonchev–Trinajstić information content (AvgIpc) is 3.22. The molecule has 0 unspecified atom stereocenters. The zero-order valence-electron chi connectivity index (χ0n) is 16.7. The minimum absolute atomic E-state index is 0.153. The van der Waals surface area contributed by atoms with Gasteiger partial charge >= 0.3 is 0 Å². The number of aromatic nitrogens is 2. The van der Waals surface area contributed by atoms with Crippen LogP contribution in [0.3, 0.4) is 0 Å². The molecule has 8 heteroatoms. The molecular formula is C20H34N4O4. The van der Waals surface area contributed by atoms with E-state index in [4.69, 9.17) is 14.5 Å². The van der Waals surface area contributed by atoms with Crippen LogP contribution in [-0.2, 0) is 16.1 Å². The monoisotopic (exact) mass is 394 g/mol. The van der Waals surface area contributed by atoms with Gasteiger partial charge in [-0.2, -0.15) is 4.98 Å². The number of amides is 1. The van der Waals surface area contributed by atoms with Crippen molar-refractivity contribution < 1.29 is 19.3 Å². The molecule has 1 amide bonds. The van der Waals surface area contributed by atoms with Gasteiger partial charge in [0.2, 0.25) is 11.8 Å². The van der Waals surface area contributed by atoms with Gasteiger partial charge in [0.25, 0.3) is 0 Å². The van der Waals surface area contributed by atoms with Crippen LogP contribution in [0.4, 0.5) is 0 Å². The highest BCUT2D eigenvalue weighted by atomic mass is 16.5. The Kier molecular flexibility index (Phi) is 8.70. The van der Waals surface area contributed by atoms with Gasteiger partial charge in [-0.05, 0) is 25.2 Å². The lowest BCUT2D eigenvalue weighted by atomic mass is 9.84. The molecule has 0 radical (unpaired) electrons. The van der Waals surface area contributed by atoms with E-state index in [-0.39, 0.29) is 12.3 Å². The van der Waals surface area contributed by atoms with Crippen LogP contribution in [0.1, 0.15) is 88.3 Å². The molecule has 1 aromatic heterocycles. The topological polar surface area (TPSA) is 110 Å². The Labute approximate surface area is 166 Å². The smallest absolute Gasteiger partial charge is 0.244 e. The molecule has 28 heavy (non-hydrogen) atoms. The number of carbonyl (C=O) groups is 1. The highest BCUT2D eigenvalue weighted by Crippen LogP contribution is 2.31. The van der Waals surface area contributed by atoms with Gasteiger partial charge in [-0.3, -0.25) is 10.0 Å². The maximum Gasteiger partial charge on any atom is 0.244 e. The predicted molar refractivity (Wildman–Crippen MR) is 103 cm³/mol. The van der Waals surface area contributed by atoms with Gasteiger partial charge in [-0.1, -0.05) is 50.1 Å². The van der Waals surface area contributed by atoms with Crippen molar-refractivity contribution >= 4 is 5.91 Å². The normalized spacial score (nSPS) is 20.2. The van der Waals surface area contributed by atoms with E-state index < -0.39 is 5.91 Å². The number of ether oxygens (including phenoxy) is 1. The lowest BCUT2D eigenvalue weighted by Crippen LogP contribution is -2.34. The number of hydroxylamine groups is 1. The van der Waals surface area contributed by atoms with E-state index in [1.807, 2.05) is 0 Å². The number of nitrogens with zero attached hydrogens (tertiary/aromatic N) is 2. The van der Waals surface area contributed by atoms with Crippen molar-refractivity contribution in [3.63, 3.8) is 0 Å². The molecule has 2 aliphatic rings. The second-order valence-corrected chi connectivity index (χ2v) is 8.19. The molecule has 1 aliphatic heterocycles. The first-order valence-corrected chi connectivity index (χ1v) is 10.8. The second kappa shape index (κ2) is 11.5. The first kappa shape index (κ1) is 21.2. The standard InChI is InChI=1S/C20H34N4O4/c25-19(23-26)13-16(8-4-7-15-5-2-1-3-6-15)20-22-18(24-28-20)14-21-17-9-11-27-12-10-17/h15-17,21,26H,1-14H2,(H,23,25)/t16-/m1/s1. The first-order chi connectivity index (χ1) is 13.7. The molecule has 1 aliphatic carbocycles. The summed E-state index contributed by atoms with van der Waals surface area (Å²) >= 11 is 0. The van der Waals surface area contributed by atoms with E-state index in [1.165, 1.54) is 38.5 Å². The molecule has 2 heterocycles. The SMILES string of the molecule is O=C(C[C@@H](CCCC1CCCCC1)c1nc(CNC2CCOCC2)no1)NO. The van der Waals surface area contributed by atoms with Crippen LogP contribution in [0.2, 0.25) is 0 Å². The second-order valence-electron chi connectivity index (χ2n) is 8.19. The molecule has 3 N–H and O–H groups in total. The van der Waals surface area contributed by atoms with Crippen LogP contribution in [0.15, 0.2) is 4.52 Å². The number of hydrogen-bond donors (Lipinski definition) is 3. The molecule has 1 atom stereocenters. The highest BCUT2D eigenvalue weighted by molar-refractivity contribution is 5.75. The fourth-order valence-corrected chi connectivity index (χ4v) is 4.35. The summed E-state index contributed by atoms with van der Waals surface area (Å²) in [5, 5.41) is 16.4. The summed E-state index contributed by atoms with van der Waals surface area (Å²) in [6, 6.07) is 0.419. The van der Waals surface area contributed by atoms with Crippen LogP contribution < -0.4 is 10.8 Å². The van der Waals surface area contributed by atoms with Gasteiger partial charge in [0, 0.05) is 31.6 Å². The quantitative estimate of drug-likeness (QED) is 0.413. The van der Waals surface area contributed by atoms with Crippen LogP contribution in [0.5, 0.6) is 0 Å². The van der Waals surface area contributed by atoms with E-state index in [1.54, 1.807) is 5.48 Å². The molecule has 2 fully saturated rings. The van der Waals surface area contributed by atoms with Gasteiger partial charge in [0.15, 0.2) is 5.82 Å². The summed E-state index contributed by atoms with van der Waals surface area (Å²) in [6.45, 7) is 2.12. The molecule has 1 aromatic rings. The van der Waals surface area contributed by atoms with Crippen molar-refractivity contribution in [3.05, 3.63) is 11.7 Å². The molecule has 0 aromatic carbocycles. The molecule has 8 nitrogen and oxygen atoms in total. The summed E-state index contributed by atoms with van der Waals surface area (Å²) in [7, 11) is 0. The van der Waals surface area contributed by atoms with Crippen LogP contribution in [0.25, 0.3) is 0 Å². The summed E-state index contributed by atoms with van der Waals surface area (Å²) in [4.78, 5) is 16.2. The summed E-state index contributed by atoms with van der Waals surface area (Å²) in [6.07, 6.45) is 11.9. The fourth-order valence-electron chi connectivity index (χ4n) is 4.35. The maximum absolute atomic E-state index is 11.7. The maximum atomic E-state index is 11.7. The third-order valence-corrected chi connectivity index (χ3v) is 6.05. The van der Waals surface area contributed by atoms with E-state index in [0.29, 0.717) is 24.3 Å². The number of carbonyl (C=O) groups excluding carboxylic acids is 1.